The minimum atomic E-state index is -0.784. The van der Waals surface area contributed by atoms with E-state index in [0.717, 1.165) is 11.1 Å². The Labute approximate surface area is 191 Å². The molecule has 8 nitrogen and oxygen atoms in total. The second kappa shape index (κ2) is 10.6. The van der Waals surface area contributed by atoms with Gasteiger partial charge < -0.3 is 25.2 Å². The monoisotopic (exact) mass is 450 g/mol. The topological polar surface area (TPSA) is 114 Å². The van der Waals surface area contributed by atoms with Crippen molar-refractivity contribution in [2.45, 2.75) is 33.4 Å². The molecule has 3 N–H and O–H groups in total. The molecule has 2 aromatic rings. The number of rotatable bonds is 7. The molecule has 0 radical (unpaired) electrons. The Kier molecular flexibility index (Phi) is 7.63. The van der Waals surface area contributed by atoms with Crippen LogP contribution < -0.4 is 15.4 Å². The van der Waals surface area contributed by atoms with Gasteiger partial charge in [0.15, 0.2) is 0 Å². The van der Waals surface area contributed by atoms with E-state index in [4.69, 9.17) is 9.47 Å². The second-order valence-electron chi connectivity index (χ2n) is 7.43. The lowest BCUT2D eigenvalue weighted by Crippen LogP contribution is -2.45. The Balaban J connectivity index is 1.85. The number of urea groups is 1. The van der Waals surface area contributed by atoms with Gasteiger partial charge in [-0.05, 0) is 55.7 Å². The molecule has 0 saturated carbocycles. The van der Waals surface area contributed by atoms with Crippen molar-refractivity contribution in [3.05, 3.63) is 82.1 Å². The average Bonchev–Trinajstić information content (AvgIpc) is 2.78. The summed E-state index contributed by atoms with van der Waals surface area (Å²) < 4.78 is 10.5. The fraction of sp³-hybridized carbons (Fsp3) is 0.240. The van der Waals surface area contributed by atoms with Gasteiger partial charge in [-0.1, -0.05) is 30.3 Å². The van der Waals surface area contributed by atoms with Gasteiger partial charge in [0.1, 0.15) is 5.75 Å². The molecule has 2 amide bonds. The Morgan fingerprint density at radius 1 is 1.15 bits per heavy atom. The number of aryl methyl sites for hydroxylation is 1. The summed E-state index contributed by atoms with van der Waals surface area (Å²) in [6.07, 6.45) is 2.98. The predicted octanol–water partition coefficient (Wildman–Crippen LogP) is 3.30. The molecular formula is C25H26N2O6. The molecule has 1 aliphatic heterocycles. The SMILES string of the molecule is CCOC(=O)C1=C(C)NC(=O)NC1c1ccc(OC(=O)/C=C/c2ccccc2C)c(CO)c1. The largest absolute Gasteiger partial charge is 0.463 e. The zero-order valence-corrected chi connectivity index (χ0v) is 18.7. The maximum absolute atomic E-state index is 12.5. The molecule has 172 valence electrons. The molecule has 3 rings (SSSR count). The lowest BCUT2D eigenvalue weighted by atomic mass is 9.94. The summed E-state index contributed by atoms with van der Waals surface area (Å²) in [5, 5.41) is 15.1. The summed E-state index contributed by atoms with van der Waals surface area (Å²) in [5.74, 6) is -0.979. The smallest absolute Gasteiger partial charge is 0.338 e. The molecular weight excluding hydrogens is 424 g/mol. The number of hydrogen-bond donors (Lipinski definition) is 3. The van der Waals surface area contributed by atoms with Crippen LogP contribution in [0.5, 0.6) is 5.75 Å². The van der Waals surface area contributed by atoms with Crippen molar-refractivity contribution in [1.82, 2.24) is 10.6 Å². The van der Waals surface area contributed by atoms with Gasteiger partial charge in [-0.15, -0.1) is 0 Å². The second-order valence-corrected chi connectivity index (χ2v) is 7.43. The van der Waals surface area contributed by atoms with Crippen molar-refractivity contribution in [2.24, 2.45) is 0 Å². The fourth-order valence-corrected chi connectivity index (χ4v) is 3.50. The molecule has 0 fully saturated rings. The first-order valence-electron chi connectivity index (χ1n) is 10.5. The van der Waals surface area contributed by atoms with Crippen molar-refractivity contribution >= 4 is 24.0 Å². The van der Waals surface area contributed by atoms with Gasteiger partial charge in [-0.3, -0.25) is 0 Å². The van der Waals surface area contributed by atoms with Crippen molar-refractivity contribution in [2.75, 3.05) is 6.61 Å². The predicted molar refractivity (Wildman–Crippen MR) is 122 cm³/mol. The van der Waals surface area contributed by atoms with E-state index in [1.165, 1.54) is 12.1 Å². The molecule has 1 unspecified atom stereocenters. The maximum atomic E-state index is 12.5. The van der Waals surface area contributed by atoms with Gasteiger partial charge in [0.2, 0.25) is 0 Å². The number of aliphatic hydroxyl groups is 1. The van der Waals surface area contributed by atoms with Crippen molar-refractivity contribution in [1.29, 1.82) is 0 Å². The first-order valence-corrected chi connectivity index (χ1v) is 10.5. The number of benzene rings is 2. The molecule has 0 aliphatic carbocycles. The van der Waals surface area contributed by atoms with Crippen molar-refractivity contribution < 1.29 is 29.0 Å². The highest BCUT2D eigenvalue weighted by Crippen LogP contribution is 2.31. The number of esters is 2. The van der Waals surface area contributed by atoms with Crippen LogP contribution in [0.15, 0.2) is 59.8 Å². The van der Waals surface area contributed by atoms with Gasteiger partial charge >= 0.3 is 18.0 Å². The van der Waals surface area contributed by atoms with Gasteiger partial charge in [-0.25, -0.2) is 14.4 Å². The molecule has 8 heteroatoms. The average molecular weight is 450 g/mol. The van der Waals surface area contributed by atoms with Crippen LogP contribution in [-0.4, -0.2) is 29.7 Å². The van der Waals surface area contributed by atoms with Crippen LogP contribution in [0.2, 0.25) is 0 Å². The van der Waals surface area contributed by atoms with E-state index < -0.39 is 30.6 Å². The lowest BCUT2D eigenvalue weighted by molar-refractivity contribution is -0.139. The van der Waals surface area contributed by atoms with Crippen LogP contribution >= 0.6 is 0 Å². The number of carbonyl (C=O) groups is 3. The molecule has 0 saturated heterocycles. The van der Waals surface area contributed by atoms with Crippen LogP contribution in [0.25, 0.3) is 6.08 Å². The van der Waals surface area contributed by atoms with Gasteiger partial charge in [0.25, 0.3) is 0 Å². The summed E-state index contributed by atoms with van der Waals surface area (Å²) in [6, 6.07) is 11.1. The summed E-state index contributed by atoms with van der Waals surface area (Å²) >= 11 is 0. The molecule has 1 atom stereocenters. The molecule has 33 heavy (non-hydrogen) atoms. The Bertz CT molecular complexity index is 1140. The Morgan fingerprint density at radius 2 is 1.91 bits per heavy atom. The highest BCUT2D eigenvalue weighted by atomic mass is 16.5. The van der Waals surface area contributed by atoms with E-state index in [9.17, 15) is 19.5 Å². The highest BCUT2D eigenvalue weighted by molar-refractivity contribution is 5.95. The number of allylic oxidation sites excluding steroid dienone is 1. The van der Waals surface area contributed by atoms with Crippen LogP contribution in [0.4, 0.5) is 4.79 Å². The molecule has 2 aromatic carbocycles. The number of nitrogens with one attached hydrogen (secondary N) is 2. The third-order valence-corrected chi connectivity index (χ3v) is 5.15. The number of aliphatic hydroxyl groups excluding tert-OH is 1. The Hall–Kier alpha value is -3.91. The molecule has 0 spiro atoms. The fourth-order valence-electron chi connectivity index (χ4n) is 3.50. The number of amides is 2. The van der Waals surface area contributed by atoms with E-state index in [1.807, 2.05) is 31.2 Å². The molecule has 0 bridgehead atoms. The van der Waals surface area contributed by atoms with Crippen molar-refractivity contribution in [3.63, 3.8) is 0 Å². The van der Waals surface area contributed by atoms with E-state index in [1.54, 1.807) is 32.1 Å². The summed E-state index contributed by atoms with van der Waals surface area (Å²) in [5.41, 5.74) is 3.41. The normalized spacial score (nSPS) is 15.8. The first-order chi connectivity index (χ1) is 15.8. The van der Waals surface area contributed by atoms with Crippen LogP contribution in [0.3, 0.4) is 0 Å². The molecule has 0 aromatic heterocycles. The molecule has 1 heterocycles. The van der Waals surface area contributed by atoms with E-state index in [2.05, 4.69) is 10.6 Å². The van der Waals surface area contributed by atoms with E-state index in [0.29, 0.717) is 16.8 Å². The zero-order chi connectivity index (χ0) is 24.0. The zero-order valence-electron chi connectivity index (χ0n) is 18.7. The Morgan fingerprint density at radius 3 is 2.61 bits per heavy atom. The maximum Gasteiger partial charge on any atom is 0.338 e. The van der Waals surface area contributed by atoms with Crippen LogP contribution in [0.1, 0.15) is 42.1 Å². The summed E-state index contributed by atoms with van der Waals surface area (Å²) in [6.45, 7) is 5.02. The van der Waals surface area contributed by atoms with E-state index >= 15 is 0 Å². The highest BCUT2D eigenvalue weighted by Gasteiger charge is 2.32. The van der Waals surface area contributed by atoms with Gasteiger partial charge in [0.05, 0.1) is 24.8 Å². The van der Waals surface area contributed by atoms with Crippen LogP contribution in [0, 0.1) is 6.92 Å². The third-order valence-electron chi connectivity index (χ3n) is 5.15. The number of hydrogen-bond acceptors (Lipinski definition) is 6. The third kappa shape index (κ3) is 5.67. The molecule has 1 aliphatic rings. The number of carbonyl (C=O) groups excluding carboxylic acids is 3. The first kappa shape index (κ1) is 23.7. The minimum absolute atomic E-state index is 0.180. The quantitative estimate of drug-likeness (QED) is 0.339. The van der Waals surface area contributed by atoms with Crippen molar-refractivity contribution in [3.8, 4) is 5.75 Å². The van der Waals surface area contributed by atoms with Crippen LogP contribution in [-0.2, 0) is 20.9 Å². The standard InChI is InChI=1S/C25H26N2O6/c1-4-32-24(30)22-16(3)26-25(31)27-23(22)18-9-11-20(19(13-18)14-28)33-21(29)12-10-17-8-6-5-7-15(17)2/h5-13,23,28H,4,14H2,1-3H3,(H2,26,27,31)/b12-10+. The lowest BCUT2D eigenvalue weighted by Gasteiger charge is -2.28. The summed E-state index contributed by atoms with van der Waals surface area (Å²) in [7, 11) is 0. The van der Waals surface area contributed by atoms with E-state index in [-0.39, 0.29) is 17.9 Å². The minimum Gasteiger partial charge on any atom is -0.463 e. The number of ether oxygens (including phenoxy) is 2. The van der Waals surface area contributed by atoms with Gasteiger partial charge in [0, 0.05) is 17.3 Å². The van der Waals surface area contributed by atoms with Gasteiger partial charge in [-0.2, -0.15) is 0 Å². The summed E-state index contributed by atoms with van der Waals surface area (Å²) in [4.78, 5) is 36.8.